The Morgan fingerprint density at radius 2 is 1.12 bits per heavy atom. The fourth-order valence-corrected chi connectivity index (χ4v) is 6.38. The van der Waals surface area contributed by atoms with Crippen LogP contribution in [-0.2, 0) is 33.2 Å². The van der Waals surface area contributed by atoms with E-state index in [1.807, 2.05) is 6.92 Å². The van der Waals surface area contributed by atoms with Crippen LogP contribution < -0.4 is 0 Å². The Morgan fingerprint density at radius 3 is 1.67 bits per heavy atom. The summed E-state index contributed by atoms with van der Waals surface area (Å²) < 4.78 is 35.2. The second-order valence-corrected chi connectivity index (χ2v) is 13.3. The zero-order valence-electron chi connectivity index (χ0n) is 28.3. The largest absolute Gasteiger partial charge is 0.481 e. The zero-order chi connectivity index (χ0) is 36.2. The van der Waals surface area contributed by atoms with Gasteiger partial charge in [0.25, 0.3) is 0 Å². The molecule has 0 saturated carbocycles. The molecule has 0 aliphatic carbocycles. The molecule has 3 heterocycles. The number of aliphatic hydroxyl groups is 9. The summed E-state index contributed by atoms with van der Waals surface area (Å²) in [7, 11) is 0. The van der Waals surface area contributed by atoms with E-state index in [-0.39, 0.29) is 12.5 Å². The highest BCUT2D eigenvalue weighted by atomic mass is 16.8. The van der Waals surface area contributed by atoms with Gasteiger partial charge in [-0.3, -0.25) is 4.79 Å². The number of hydrogen-bond donors (Lipinski definition) is 10. The Hall–Kier alpha value is -1.13. The van der Waals surface area contributed by atoms with Crippen molar-refractivity contribution < 1.29 is 84.3 Å². The zero-order valence-corrected chi connectivity index (χ0v) is 28.3. The van der Waals surface area contributed by atoms with Crippen molar-refractivity contribution in [2.75, 3.05) is 13.2 Å². The first-order chi connectivity index (χ1) is 23.3. The summed E-state index contributed by atoms with van der Waals surface area (Å²) in [6.45, 7) is 1.98. The van der Waals surface area contributed by atoms with Gasteiger partial charge in [0.2, 0.25) is 0 Å². The van der Waals surface area contributed by atoms with E-state index < -0.39 is 111 Å². The van der Waals surface area contributed by atoms with Crippen LogP contribution in [0.2, 0.25) is 0 Å². The molecule has 17 heteroatoms. The summed E-state index contributed by atoms with van der Waals surface area (Å²) in [6, 6.07) is 0. The van der Waals surface area contributed by atoms with Gasteiger partial charge in [0.05, 0.1) is 25.4 Å². The first-order valence-electron chi connectivity index (χ1n) is 17.5. The molecule has 0 radical (unpaired) electrons. The van der Waals surface area contributed by atoms with Crippen LogP contribution in [0.15, 0.2) is 0 Å². The maximum Gasteiger partial charge on any atom is 0.303 e. The molecule has 16 atom stereocenters. The topological polar surface area (TPSA) is 275 Å². The molecule has 3 aliphatic heterocycles. The number of ether oxygens (including phenoxy) is 6. The number of hydrogen-bond acceptors (Lipinski definition) is 16. The van der Waals surface area contributed by atoms with Gasteiger partial charge >= 0.3 is 5.97 Å². The van der Waals surface area contributed by atoms with Crippen LogP contribution in [0.1, 0.15) is 84.5 Å². The van der Waals surface area contributed by atoms with Crippen molar-refractivity contribution in [3.8, 4) is 0 Å². The molecule has 49 heavy (non-hydrogen) atoms. The first kappa shape index (κ1) is 42.3. The Balaban J connectivity index is 1.73. The SMILES string of the molecule is CCC[C@@H](CCCCCCCCCC(=O)O)O[C@@H]1O[C@H](CO)[C@@H](O)[C@H](O)[C@H]1O[C@@H]1O[C@H](CO)[C@@H](O)[C@H](O)[C@H]1O[C@@H]1O[C@@H](C)[C@H](O)[C@@H](O)[C@H]1O. The van der Waals surface area contributed by atoms with E-state index in [4.69, 9.17) is 33.5 Å². The van der Waals surface area contributed by atoms with Crippen LogP contribution in [0.4, 0.5) is 0 Å². The van der Waals surface area contributed by atoms with Gasteiger partial charge in [0.15, 0.2) is 18.9 Å². The highest BCUT2D eigenvalue weighted by molar-refractivity contribution is 5.66. The second-order valence-electron chi connectivity index (χ2n) is 13.3. The Bertz CT molecular complexity index is 945. The van der Waals surface area contributed by atoms with Crippen LogP contribution in [0.25, 0.3) is 0 Å². The number of aliphatic carboxylic acids is 1. The minimum Gasteiger partial charge on any atom is -0.481 e. The van der Waals surface area contributed by atoms with Gasteiger partial charge in [-0.15, -0.1) is 0 Å². The number of rotatable bonds is 20. The average molecular weight is 715 g/mol. The lowest BCUT2D eigenvalue weighted by atomic mass is 9.96. The molecular formula is C32H58O17. The highest BCUT2D eigenvalue weighted by Crippen LogP contribution is 2.34. The summed E-state index contributed by atoms with van der Waals surface area (Å²) in [5.74, 6) is -0.792. The normalized spacial score (nSPS) is 40.7. The average Bonchev–Trinajstić information content (AvgIpc) is 3.07. The molecule has 3 aliphatic rings. The summed E-state index contributed by atoms with van der Waals surface area (Å²) in [5.41, 5.74) is 0. The van der Waals surface area contributed by atoms with Gasteiger partial charge in [-0.2, -0.15) is 0 Å². The monoisotopic (exact) mass is 714 g/mol. The third-order valence-electron chi connectivity index (χ3n) is 9.39. The molecule has 0 aromatic heterocycles. The van der Waals surface area contributed by atoms with Crippen molar-refractivity contribution in [2.45, 2.75) is 183 Å². The number of carboxylic acids is 1. The van der Waals surface area contributed by atoms with E-state index in [1.165, 1.54) is 6.92 Å². The van der Waals surface area contributed by atoms with Gasteiger partial charge in [-0.25, -0.2) is 0 Å². The van der Waals surface area contributed by atoms with E-state index in [2.05, 4.69) is 0 Å². The molecule has 17 nitrogen and oxygen atoms in total. The van der Waals surface area contributed by atoms with E-state index in [0.29, 0.717) is 19.3 Å². The van der Waals surface area contributed by atoms with Crippen LogP contribution in [0, 0.1) is 0 Å². The summed E-state index contributed by atoms with van der Waals surface area (Å²) in [5, 5.41) is 103. The lowest BCUT2D eigenvalue weighted by Gasteiger charge is -2.48. The predicted octanol–water partition coefficient (Wildman–Crippen LogP) is -1.76. The minimum atomic E-state index is -1.81. The van der Waals surface area contributed by atoms with Gasteiger partial charge in [0.1, 0.15) is 67.1 Å². The van der Waals surface area contributed by atoms with Gasteiger partial charge in [0, 0.05) is 6.42 Å². The minimum absolute atomic E-state index is 0.171. The Labute approximate surface area is 286 Å². The second kappa shape index (κ2) is 20.8. The summed E-state index contributed by atoms with van der Waals surface area (Å²) in [6.07, 6.45) is -15.4. The van der Waals surface area contributed by atoms with Crippen LogP contribution in [0.3, 0.4) is 0 Å². The lowest BCUT2D eigenvalue weighted by molar-refractivity contribution is -0.394. The molecule has 0 aromatic carbocycles. The van der Waals surface area contributed by atoms with Gasteiger partial charge < -0.3 is 79.5 Å². The quantitative estimate of drug-likeness (QED) is 0.0626. The van der Waals surface area contributed by atoms with E-state index >= 15 is 0 Å². The molecular weight excluding hydrogens is 656 g/mol. The smallest absolute Gasteiger partial charge is 0.303 e. The van der Waals surface area contributed by atoms with Crippen LogP contribution in [-0.4, -0.2) is 168 Å². The number of unbranched alkanes of at least 4 members (excludes halogenated alkanes) is 6. The molecule has 3 fully saturated rings. The van der Waals surface area contributed by atoms with E-state index in [9.17, 15) is 50.8 Å². The maximum absolute atomic E-state index is 11.2. The van der Waals surface area contributed by atoms with Crippen molar-refractivity contribution in [3.63, 3.8) is 0 Å². The van der Waals surface area contributed by atoms with Crippen molar-refractivity contribution in [1.82, 2.24) is 0 Å². The molecule has 288 valence electrons. The summed E-state index contributed by atoms with van der Waals surface area (Å²) >= 11 is 0. The molecule has 3 rings (SSSR count). The number of carboxylic acid groups (broad SMARTS) is 1. The fourth-order valence-electron chi connectivity index (χ4n) is 6.38. The third kappa shape index (κ3) is 11.7. The van der Waals surface area contributed by atoms with Crippen molar-refractivity contribution in [1.29, 1.82) is 0 Å². The number of carbonyl (C=O) groups is 1. The molecule has 0 amide bonds. The highest BCUT2D eigenvalue weighted by Gasteiger charge is 2.54. The lowest BCUT2D eigenvalue weighted by Crippen LogP contribution is -2.66. The van der Waals surface area contributed by atoms with Gasteiger partial charge in [-0.1, -0.05) is 51.9 Å². The number of aliphatic hydroxyl groups excluding tert-OH is 9. The van der Waals surface area contributed by atoms with E-state index in [0.717, 1.165) is 44.9 Å². The first-order valence-corrected chi connectivity index (χ1v) is 17.5. The molecule has 0 aromatic rings. The predicted molar refractivity (Wildman–Crippen MR) is 167 cm³/mol. The van der Waals surface area contributed by atoms with Crippen molar-refractivity contribution in [3.05, 3.63) is 0 Å². The van der Waals surface area contributed by atoms with Gasteiger partial charge in [-0.05, 0) is 26.2 Å². The van der Waals surface area contributed by atoms with Crippen LogP contribution >= 0.6 is 0 Å². The standard InChI is InChI=1S/C32H58O17/c1-3-11-17(12-9-7-5-4-6-8-10-13-20(35)36)45-31-28(25(41)22(38)18(14-33)46-31)49-32-29(26(42)23(39)19(15-34)47-32)48-30-27(43)24(40)21(37)16(2)44-30/h16-19,21-34,37-43H,3-15H2,1-2H3,(H,35,36)/t16-,17-,18+,19+,21-,22+,23+,24+,25-,26-,27+,28+,29+,30-,31+,32-/m0/s1. The van der Waals surface area contributed by atoms with Crippen molar-refractivity contribution >= 4 is 5.97 Å². The van der Waals surface area contributed by atoms with Crippen molar-refractivity contribution in [2.24, 2.45) is 0 Å². The Kier molecular flexibility index (Phi) is 17.9. The maximum atomic E-state index is 11.2. The Morgan fingerprint density at radius 1 is 0.612 bits per heavy atom. The molecule has 0 unspecified atom stereocenters. The van der Waals surface area contributed by atoms with Crippen LogP contribution in [0.5, 0.6) is 0 Å². The summed E-state index contributed by atoms with van der Waals surface area (Å²) in [4.78, 5) is 10.7. The molecule has 10 N–H and O–H groups in total. The molecule has 0 spiro atoms. The third-order valence-corrected chi connectivity index (χ3v) is 9.39. The fraction of sp³-hybridized carbons (Fsp3) is 0.969. The molecule has 0 bridgehead atoms. The van der Waals surface area contributed by atoms with E-state index in [1.54, 1.807) is 0 Å². The molecule has 3 saturated heterocycles.